The summed E-state index contributed by atoms with van der Waals surface area (Å²) in [5.41, 5.74) is -1.11. The maximum absolute atomic E-state index is 11.3. The third-order valence-corrected chi connectivity index (χ3v) is 7.11. The van der Waals surface area contributed by atoms with Gasteiger partial charge >= 0.3 is 5.97 Å². The van der Waals surface area contributed by atoms with Crippen molar-refractivity contribution in [1.29, 1.82) is 0 Å². The molecule has 0 amide bonds. The molecule has 6 unspecified atom stereocenters. The first-order valence-electron chi connectivity index (χ1n) is 8.87. The zero-order chi connectivity index (χ0) is 18.6. The molecule has 25 heavy (non-hydrogen) atoms. The highest BCUT2D eigenvalue weighted by Gasteiger charge is 2.66. The summed E-state index contributed by atoms with van der Waals surface area (Å²) in [5, 5.41) is 32.8. The Morgan fingerprint density at radius 1 is 1.24 bits per heavy atom. The maximum atomic E-state index is 11.3. The SMILES string of the molecule is CC1=CCCC2C1(C)C(O)C(O)C(C)(O)C2(C)C=CC1=CC(=O)OC1. The lowest BCUT2D eigenvalue weighted by Gasteiger charge is -2.63. The first-order valence-corrected chi connectivity index (χ1v) is 8.87. The standard InChI is InChI=1S/C20H28O5/c1-12-6-5-7-14-18(2,9-8-13-10-15(21)25-11-13)20(4,24)17(23)16(22)19(12,14)3/h6,8-10,14,16-17,22-24H,5,7,11H2,1-4H3. The van der Waals surface area contributed by atoms with Gasteiger partial charge in [-0.1, -0.05) is 37.6 Å². The summed E-state index contributed by atoms with van der Waals surface area (Å²) >= 11 is 0. The molecule has 3 aliphatic rings. The molecule has 6 atom stereocenters. The highest BCUT2D eigenvalue weighted by Crippen LogP contribution is 2.62. The van der Waals surface area contributed by atoms with Crippen LogP contribution in [0.1, 0.15) is 40.5 Å². The highest BCUT2D eigenvalue weighted by molar-refractivity contribution is 5.86. The Bertz CT molecular complexity index is 674. The van der Waals surface area contributed by atoms with Gasteiger partial charge in [-0.05, 0) is 38.2 Å². The van der Waals surface area contributed by atoms with Crippen molar-refractivity contribution in [3.8, 4) is 0 Å². The molecule has 5 heteroatoms. The Hall–Kier alpha value is -1.43. The Morgan fingerprint density at radius 3 is 2.52 bits per heavy atom. The lowest BCUT2D eigenvalue weighted by Crippen LogP contribution is -2.71. The second kappa shape index (κ2) is 5.79. The largest absolute Gasteiger partial charge is 0.458 e. The number of hydrogen-bond acceptors (Lipinski definition) is 5. The van der Waals surface area contributed by atoms with E-state index in [-0.39, 0.29) is 18.5 Å². The van der Waals surface area contributed by atoms with E-state index in [4.69, 9.17) is 4.74 Å². The van der Waals surface area contributed by atoms with Crippen molar-refractivity contribution < 1.29 is 24.9 Å². The Labute approximate surface area is 148 Å². The molecule has 5 nitrogen and oxygen atoms in total. The van der Waals surface area contributed by atoms with E-state index in [1.54, 1.807) is 13.0 Å². The monoisotopic (exact) mass is 348 g/mol. The van der Waals surface area contributed by atoms with Crippen molar-refractivity contribution in [2.24, 2.45) is 16.7 Å². The van der Waals surface area contributed by atoms with Crippen molar-refractivity contribution >= 4 is 5.97 Å². The number of hydrogen-bond donors (Lipinski definition) is 3. The fourth-order valence-electron chi connectivity index (χ4n) is 4.98. The number of rotatable bonds is 2. The van der Waals surface area contributed by atoms with Crippen LogP contribution in [0.2, 0.25) is 0 Å². The topological polar surface area (TPSA) is 87.0 Å². The third kappa shape index (κ3) is 2.44. The summed E-state index contributed by atoms with van der Waals surface area (Å²) in [6.45, 7) is 7.69. The molecule has 2 aliphatic carbocycles. The number of carbonyl (C=O) groups excluding carboxylic acids is 1. The number of aliphatic hydroxyl groups excluding tert-OH is 2. The van der Waals surface area contributed by atoms with Gasteiger partial charge in [0, 0.05) is 16.9 Å². The highest BCUT2D eigenvalue weighted by atomic mass is 16.5. The second-order valence-corrected chi connectivity index (χ2v) is 8.28. The zero-order valence-electron chi connectivity index (χ0n) is 15.3. The Balaban J connectivity index is 2.08. The van der Waals surface area contributed by atoms with Gasteiger partial charge in [-0.25, -0.2) is 4.79 Å². The molecule has 1 saturated carbocycles. The van der Waals surface area contributed by atoms with Crippen LogP contribution < -0.4 is 0 Å². The molecule has 1 heterocycles. The third-order valence-electron chi connectivity index (χ3n) is 7.11. The molecular formula is C20H28O5. The molecule has 0 spiro atoms. The lowest BCUT2D eigenvalue weighted by molar-refractivity contribution is -0.252. The molecule has 1 fully saturated rings. The quantitative estimate of drug-likeness (QED) is 0.524. The number of allylic oxidation sites excluding steroid dienone is 1. The van der Waals surface area contributed by atoms with E-state index >= 15 is 0 Å². The van der Waals surface area contributed by atoms with E-state index in [2.05, 4.69) is 6.08 Å². The van der Waals surface area contributed by atoms with Crippen LogP contribution >= 0.6 is 0 Å². The van der Waals surface area contributed by atoms with Gasteiger partial charge in [-0.15, -0.1) is 0 Å². The fourth-order valence-corrected chi connectivity index (χ4v) is 4.98. The van der Waals surface area contributed by atoms with Gasteiger partial charge in [-0.2, -0.15) is 0 Å². The van der Waals surface area contributed by atoms with Crippen LogP contribution in [0.4, 0.5) is 0 Å². The molecule has 0 aromatic carbocycles. The van der Waals surface area contributed by atoms with E-state index in [0.29, 0.717) is 0 Å². The van der Waals surface area contributed by atoms with Gasteiger partial charge in [0.1, 0.15) is 12.7 Å². The molecule has 3 N–H and O–H groups in total. The van der Waals surface area contributed by atoms with Crippen LogP contribution in [-0.4, -0.2) is 45.7 Å². The molecule has 3 rings (SSSR count). The Kier molecular flexibility index (Phi) is 4.26. The van der Waals surface area contributed by atoms with Gasteiger partial charge in [0.25, 0.3) is 0 Å². The summed E-state index contributed by atoms with van der Waals surface area (Å²) in [5.74, 6) is -0.412. The summed E-state index contributed by atoms with van der Waals surface area (Å²) in [6, 6.07) is 0. The molecule has 0 radical (unpaired) electrons. The van der Waals surface area contributed by atoms with Crippen molar-refractivity contribution in [2.45, 2.75) is 58.3 Å². The number of esters is 1. The van der Waals surface area contributed by atoms with E-state index in [9.17, 15) is 20.1 Å². The van der Waals surface area contributed by atoms with Gasteiger partial charge in [0.15, 0.2) is 0 Å². The lowest BCUT2D eigenvalue weighted by atomic mass is 9.44. The fraction of sp³-hybridized carbons (Fsp3) is 0.650. The van der Waals surface area contributed by atoms with E-state index in [1.807, 2.05) is 26.8 Å². The predicted octanol–water partition coefficient (Wildman–Crippen LogP) is 1.88. The summed E-state index contributed by atoms with van der Waals surface area (Å²) < 4.78 is 4.93. The Morgan fingerprint density at radius 2 is 1.92 bits per heavy atom. The van der Waals surface area contributed by atoms with Crippen molar-refractivity contribution in [3.05, 3.63) is 35.5 Å². The number of fused-ring (bicyclic) bond motifs is 1. The van der Waals surface area contributed by atoms with Crippen molar-refractivity contribution in [3.63, 3.8) is 0 Å². The first-order chi connectivity index (χ1) is 11.5. The van der Waals surface area contributed by atoms with Crippen LogP contribution in [0.15, 0.2) is 35.5 Å². The molecule has 138 valence electrons. The molecule has 1 aliphatic heterocycles. The van der Waals surface area contributed by atoms with Crippen molar-refractivity contribution in [2.75, 3.05) is 6.61 Å². The minimum Gasteiger partial charge on any atom is -0.458 e. The van der Waals surface area contributed by atoms with Crippen molar-refractivity contribution in [1.82, 2.24) is 0 Å². The van der Waals surface area contributed by atoms with E-state index < -0.39 is 28.6 Å². The molecule has 0 aromatic heterocycles. The van der Waals surface area contributed by atoms with Crippen LogP contribution in [0.3, 0.4) is 0 Å². The molecule has 0 saturated heterocycles. The number of ether oxygens (including phenoxy) is 1. The molecule has 0 bridgehead atoms. The number of cyclic esters (lactones) is 1. The van der Waals surface area contributed by atoms with Crippen LogP contribution in [-0.2, 0) is 9.53 Å². The summed E-state index contributed by atoms with van der Waals surface area (Å²) in [7, 11) is 0. The van der Waals surface area contributed by atoms with Gasteiger partial charge < -0.3 is 20.1 Å². The van der Waals surface area contributed by atoms with Gasteiger partial charge in [0.05, 0.1) is 11.7 Å². The van der Waals surface area contributed by atoms with Crippen LogP contribution in [0, 0.1) is 16.7 Å². The average molecular weight is 348 g/mol. The summed E-state index contributed by atoms with van der Waals surface area (Å²) in [6.07, 6.45) is 6.61. The minimum atomic E-state index is -1.51. The summed E-state index contributed by atoms with van der Waals surface area (Å²) in [4.78, 5) is 11.3. The first kappa shape index (κ1) is 18.4. The van der Waals surface area contributed by atoms with Crippen LogP contribution in [0.25, 0.3) is 0 Å². The smallest absolute Gasteiger partial charge is 0.331 e. The average Bonchev–Trinajstić information content (AvgIpc) is 2.98. The molecule has 0 aromatic rings. The number of aliphatic hydroxyl groups is 3. The van der Waals surface area contributed by atoms with Gasteiger partial charge in [-0.3, -0.25) is 0 Å². The maximum Gasteiger partial charge on any atom is 0.331 e. The van der Waals surface area contributed by atoms with Crippen LogP contribution in [0.5, 0.6) is 0 Å². The van der Waals surface area contributed by atoms with Gasteiger partial charge in [0.2, 0.25) is 0 Å². The number of carbonyl (C=O) groups is 1. The molecular weight excluding hydrogens is 320 g/mol. The normalized spacial score (nSPS) is 47.3. The minimum absolute atomic E-state index is 0.0479. The predicted molar refractivity (Wildman–Crippen MR) is 93.5 cm³/mol. The second-order valence-electron chi connectivity index (χ2n) is 8.28. The van der Waals surface area contributed by atoms with E-state index in [1.165, 1.54) is 6.08 Å². The van der Waals surface area contributed by atoms with E-state index in [0.717, 1.165) is 24.0 Å². The zero-order valence-corrected chi connectivity index (χ0v) is 15.3.